The monoisotopic (exact) mass is 530 g/mol. The van der Waals surface area contributed by atoms with Gasteiger partial charge in [0.25, 0.3) is 0 Å². The summed E-state index contributed by atoms with van der Waals surface area (Å²) in [7, 11) is 1.57. The van der Waals surface area contributed by atoms with E-state index in [2.05, 4.69) is 20.2 Å². The van der Waals surface area contributed by atoms with Crippen molar-refractivity contribution >= 4 is 40.0 Å². The molecule has 0 unspecified atom stereocenters. The molecule has 37 heavy (non-hydrogen) atoms. The van der Waals surface area contributed by atoms with E-state index in [4.69, 9.17) is 30.5 Å². The molecule has 2 aliphatic rings. The highest BCUT2D eigenvalue weighted by atomic mass is 35.5. The lowest BCUT2D eigenvalue weighted by Gasteiger charge is -2.43. The Morgan fingerprint density at radius 2 is 2.03 bits per heavy atom. The average Bonchev–Trinajstić information content (AvgIpc) is 2.88. The summed E-state index contributed by atoms with van der Waals surface area (Å²) in [4.78, 5) is 23.0. The van der Waals surface area contributed by atoms with Gasteiger partial charge >= 0.3 is 5.97 Å². The quantitative estimate of drug-likeness (QED) is 0.337. The predicted molar refractivity (Wildman–Crippen MR) is 136 cm³/mol. The van der Waals surface area contributed by atoms with Crippen LogP contribution in [-0.2, 0) is 14.3 Å². The molecule has 0 bridgehead atoms. The molecule has 0 atom stereocenters. The van der Waals surface area contributed by atoms with Crippen LogP contribution in [0.4, 0.5) is 15.9 Å². The van der Waals surface area contributed by atoms with Gasteiger partial charge in [-0.3, -0.25) is 9.69 Å². The summed E-state index contributed by atoms with van der Waals surface area (Å²) in [6.45, 7) is 3.34. The maximum Gasteiger partial charge on any atom is 0.320 e. The molecule has 2 fully saturated rings. The number of hydrogen-bond donors (Lipinski definition) is 1. The molecule has 2 saturated heterocycles. The highest BCUT2D eigenvalue weighted by Crippen LogP contribution is 2.35. The number of rotatable bonds is 8. The standard InChI is InChI=1S/C26H28ClFN4O5/c1-34-22-13-21-18(25(30-16-29-21)31-17-3-4-20(28)19(27)11-17)12-23(22)36-8-2-7-32-14-24(33)37-26(15-32)5-9-35-10-6-26/h3-4,11-13,16H,2,5-10,14-15H2,1H3,(H,29,30,31). The van der Waals surface area contributed by atoms with Gasteiger partial charge in [0.15, 0.2) is 11.5 Å². The lowest BCUT2D eigenvalue weighted by molar-refractivity contribution is -0.186. The van der Waals surface area contributed by atoms with Crippen LogP contribution < -0.4 is 14.8 Å². The van der Waals surface area contributed by atoms with Crippen molar-refractivity contribution in [1.82, 2.24) is 14.9 Å². The minimum absolute atomic E-state index is 0.0127. The molecule has 196 valence electrons. The van der Waals surface area contributed by atoms with Crippen molar-refractivity contribution in [2.24, 2.45) is 0 Å². The van der Waals surface area contributed by atoms with Gasteiger partial charge in [0.1, 0.15) is 23.6 Å². The summed E-state index contributed by atoms with van der Waals surface area (Å²) >= 11 is 5.92. The zero-order valence-corrected chi connectivity index (χ0v) is 21.2. The summed E-state index contributed by atoms with van der Waals surface area (Å²) in [5.41, 5.74) is 0.810. The average molecular weight is 531 g/mol. The molecule has 5 rings (SSSR count). The van der Waals surface area contributed by atoms with Gasteiger partial charge < -0.3 is 24.3 Å². The Hall–Kier alpha value is -3.21. The molecule has 1 aromatic heterocycles. The first-order chi connectivity index (χ1) is 17.9. The predicted octanol–water partition coefficient (Wildman–Crippen LogP) is 4.35. The van der Waals surface area contributed by atoms with Crippen molar-refractivity contribution in [3.8, 4) is 11.5 Å². The number of morpholine rings is 1. The van der Waals surface area contributed by atoms with E-state index < -0.39 is 11.4 Å². The number of aromatic nitrogens is 2. The molecule has 0 saturated carbocycles. The van der Waals surface area contributed by atoms with Crippen LogP contribution in [0.15, 0.2) is 36.7 Å². The molecule has 3 aromatic rings. The summed E-state index contributed by atoms with van der Waals surface area (Å²) in [6.07, 6.45) is 3.60. The molecule has 0 aliphatic carbocycles. The number of esters is 1. The lowest BCUT2D eigenvalue weighted by Crippen LogP contribution is -2.56. The van der Waals surface area contributed by atoms with E-state index in [9.17, 15) is 9.18 Å². The Morgan fingerprint density at radius 3 is 2.81 bits per heavy atom. The number of nitrogens with zero attached hydrogens (tertiary/aromatic N) is 3. The third kappa shape index (κ3) is 5.87. The van der Waals surface area contributed by atoms with E-state index in [1.165, 1.54) is 18.5 Å². The Morgan fingerprint density at radius 1 is 1.19 bits per heavy atom. The minimum Gasteiger partial charge on any atom is -0.493 e. The van der Waals surface area contributed by atoms with E-state index in [1.54, 1.807) is 19.2 Å². The molecule has 2 aliphatic heterocycles. The Kier molecular flexibility index (Phi) is 7.59. The molecule has 1 spiro atoms. The van der Waals surface area contributed by atoms with E-state index in [-0.39, 0.29) is 17.5 Å². The van der Waals surface area contributed by atoms with Crippen LogP contribution in [0.5, 0.6) is 11.5 Å². The first-order valence-corrected chi connectivity index (χ1v) is 12.5. The number of halogens is 2. The molecule has 3 heterocycles. The Labute approximate surface area is 218 Å². The van der Waals surface area contributed by atoms with Crippen LogP contribution in [0.1, 0.15) is 19.3 Å². The number of methoxy groups -OCH3 is 1. The molecular formula is C26H28ClFN4O5. The number of benzene rings is 2. The van der Waals surface area contributed by atoms with E-state index in [0.717, 1.165) is 12.8 Å². The maximum absolute atomic E-state index is 13.6. The highest BCUT2D eigenvalue weighted by Gasteiger charge is 2.42. The van der Waals surface area contributed by atoms with Gasteiger partial charge in [-0.05, 0) is 30.7 Å². The fourth-order valence-corrected chi connectivity index (χ4v) is 4.91. The Balaban J connectivity index is 1.26. The molecule has 2 aromatic carbocycles. The molecule has 11 heteroatoms. The zero-order valence-electron chi connectivity index (χ0n) is 20.5. The normalized spacial score (nSPS) is 17.5. The van der Waals surface area contributed by atoms with Crippen LogP contribution in [0.25, 0.3) is 10.9 Å². The van der Waals surface area contributed by atoms with Crippen molar-refractivity contribution < 1.29 is 28.1 Å². The maximum atomic E-state index is 13.6. The van der Waals surface area contributed by atoms with Gasteiger partial charge in [-0.25, -0.2) is 14.4 Å². The van der Waals surface area contributed by atoms with Crippen LogP contribution >= 0.6 is 11.6 Å². The van der Waals surface area contributed by atoms with Crippen molar-refractivity contribution in [3.63, 3.8) is 0 Å². The van der Waals surface area contributed by atoms with Crippen LogP contribution in [0.2, 0.25) is 5.02 Å². The first-order valence-electron chi connectivity index (χ1n) is 12.1. The fraction of sp³-hybridized carbons (Fsp3) is 0.423. The number of carbonyl (C=O) groups excluding carboxylic acids is 1. The van der Waals surface area contributed by atoms with Crippen molar-refractivity contribution in [1.29, 1.82) is 0 Å². The summed E-state index contributed by atoms with van der Waals surface area (Å²) in [5.74, 6) is 0.930. The van der Waals surface area contributed by atoms with Gasteiger partial charge in [-0.2, -0.15) is 0 Å². The van der Waals surface area contributed by atoms with E-state index in [1.807, 2.05) is 6.07 Å². The topological polar surface area (TPSA) is 95.0 Å². The smallest absolute Gasteiger partial charge is 0.320 e. The number of nitrogens with one attached hydrogen (secondary N) is 1. The van der Waals surface area contributed by atoms with Crippen LogP contribution in [0, 0.1) is 5.82 Å². The van der Waals surface area contributed by atoms with Gasteiger partial charge in [-0.15, -0.1) is 0 Å². The number of anilines is 2. The highest BCUT2D eigenvalue weighted by molar-refractivity contribution is 6.31. The molecule has 9 nitrogen and oxygen atoms in total. The van der Waals surface area contributed by atoms with Gasteiger partial charge in [0, 0.05) is 43.1 Å². The number of hydrogen-bond acceptors (Lipinski definition) is 9. The third-order valence-electron chi connectivity index (χ3n) is 6.58. The van der Waals surface area contributed by atoms with E-state index in [0.29, 0.717) is 73.2 Å². The van der Waals surface area contributed by atoms with Gasteiger partial charge in [0.05, 0.1) is 44.0 Å². The van der Waals surface area contributed by atoms with E-state index >= 15 is 0 Å². The molecule has 1 N–H and O–H groups in total. The van der Waals surface area contributed by atoms with Gasteiger partial charge in [-0.1, -0.05) is 11.6 Å². The summed E-state index contributed by atoms with van der Waals surface area (Å²) in [5, 5.41) is 3.88. The largest absolute Gasteiger partial charge is 0.493 e. The van der Waals surface area contributed by atoms with Crippen LogP contribution in [-0.4, -0.2) is 73.0 Å². The second kappa shape index (κ2) is 11.0. The number of carbonyl (C=O) groups is 1. The summed E-state index contributed by atoms with van der Waals surface area (Å²) in [6, 6.07) is 7.96. The van der Waals surface area contributed by atoms with Crippen LogP contribution in [0.3, 0.4) is 0 Å². The first kappa shape index (κ1) is 25.4. The van der Waals surface area contributed by atoms with Crippen molar-refractivity contribution in [2.75, 3.05) is 51.9 Å². The van der Waals surface area contributed by atoms with Crippen molar-refractivity contribution in [3.05, 3.63) is 47.5 Å². The zero-order chi connectivity index (χ0) is 25.8. The molecule has 0 radical (unpaired) electrons. The lowest BCUT2D eigenvalue weighted by atomic mass is 9.92. The Bertz CT molecular complexity index is 1290. The fourth-order valence-electron chi connectivity index (χ4n) is 4.73. The third-order valence-corrected chi connectivity index (χ3v) is 6.87. The van der Waals surface area contributed by atoms with Gasteiger partial charge in [0.2, 0.25) is 0 Å². The SMILES string of the molecule is COc1cc2ncnc(Nc3ccc(F)c(Cl)c3)c2cc1OCCCN1CC(=O)OC2(CCOCC2)C1. The number of ether oxygens (including phenoxy) is 4. The summed E-state index contributed by atoms with van der Waals surface area (Å²) < 4.78 is 36.3. The number of fused-ring (bicyclic) bond motifs is 1. The second-order valence-corrected chi connectivity index (χ2v) is 9.59. The second-order valence-electron chi connectivity index (χ2n) is 9.18. The molecular weight excluding hydrogens is 503 g/mol. The van der Waals surface area contributed by atoms with Crippen molar-refractivity contribution in [2.45, 2.75) is 24.9 Å². The minimum atomic E-state index is -0.496. The molecule has 0 amide bonds.